The summed E-state index contributed by atoms with van der Waals surface area (Å²) in [7, 11) is 0. The highest BCUT2D eigenvalue weighted by atomic mass is 35.5. The first-order valence-electron chi connectivity index (χ1n) is 8.50. The van der Waals surface area contributed by atoms with E-state index in [-0.39, 0.29) is 5.89 Å². The summed E-state index contributed by atoms with van der Waals surface area (Å²) in [4.78, 5) is 16.1. The monoisotopic (exact) mass is 420 g/mol. The average Bonchev–Trinajstić information content (AvgIpc) is 3.19. The van der Waals surface area contributed by atoms with Gasteiger partial charge in [-0.2, -0.15) is 10.1 Å². The van der Waals surface area contributed by atoms with Crippen LogP contribution >= 0.6 is 23.2 Å². The Labute approximate surface area is 171 Å². The molecule has 0 N–H and O–H groups in total. The Kier molecular flexibility index (Phi) is 6.16. The minimum absolute atomic E-state index is 0.237. The lowest BCUT2D eigenvalue weighted by atomic mass is 10.2. The minimum Gasteiger partial charge on any atom is -0.449 e. The summed E-state index contributed by atoms with van der Waals surface area (Å²) >= 11 is 12.6. The fourth-order valence-electron chi connectivity index (χ4n) is 2.54. The molecule has 2 aromatic heterocycles. The molecular weight excluding hydrogens is 403 g/mol. The van der Waals surface area contributed by atoms with E-state index in [4.69, 9.17) is 32.5 Å². The number of aryl methyl sites for hydroxylation is 2. The number of hydrogen-bond acceptors (Lipinski definition) is 6. The van der Waals surface area contributed by atoms with Crippen LogP contribution < -0.4 is 0 Å². The quantitative estimate of drug-likeness (QED) is 0.429. The van der Waals surface area contributed by atoms with Gasteiger partial charge in [0.15, 0.2) is 11.9 Å². The van der Waals surface area contributed by atoms with Crippen LogP contribution in [0.25, 0.3) is 6.08 Å². The van der Waals surface area contributed by atoms with Crippen molar-refractivity contribution in [3.8, 4) is 0 Å². The second-order valence-corrected chi connectivity index (χ2v) is 6.90. The van der Waals surface area contributed by atoms with Crippen LogP contribution in [0.3, 0.4) is 0 Å². The van der Waals surface area contributed by atoms with Crippen LogP contribution in [-0.2, 0) is 16.1 Å². The zero-order valence-corrected chi connectivity index (χ0v) is 17.0. The van der Waals surface area contributed by atoms with Crippen LogP contribution in [0.15, 0.2) is 34.9 Å². The molecule has 0 spiro atoms. The lowest BCUT2D eigenvalue weighted by Crippen LogP contribution is -2.06. The Morgan fingerprint density at radius 2 is 2.07 bits per heavy atom. The number of rotatable bonds is 6. The fourth-order valence-corrected chi connectivity index (χ4v) is 3.04. The van der Waals surface area contributed by atoms with E-state index in [1.54, 1.807) is 24.6 Å². The molecule has 0 amide bonds. The number of ether oxygens (including phenoxy) is 1. The van der Waals surface area contributed by atoms with Gasteiger partial charge in [-0.05, 0) is 38.5 Å². The lowest BCUT2D eigenvalue weighted by Gasteiger charge is -2.06. The van der Waals surface area contributed by atoms with Crippen molar-refractivity contribution in [2.75, 3.05) is 0 Å². The number of nitrogens with zero attached hydrogens (tertiary/aromatic N) is 4. The molecule has 0 bridgehead atoms. The number of aromatic nitrogens is 4. The van der Waals surface area contributed by atoms with E-state index in [0.29, 0.717) is 33.8 Å². The Morgan fingerprint density at radius 3 is 2.75 bits per heavy atom. The Morgan fingerprint density at radius 1 is 1.32 bits per heavy atom. The molecule has 28 heavy (non-hydrogen) atoms. The topological polar surface area (TPSA) is 83.0 Å². The summed E-state index contributed by atoms with van der Waals surface area (Å²) in [5, 5.41) is 9.14. The van der Waals surface area contributed by atoms with Gasteiger partial charge in [-0.25, -0.2) is 9.48 Å². The van der Waals surface area contributed by atoms with E-state index < -0.39 is 12.1 Å². The van der Waals surface area contributed by atoms with Gasteiger partial charge in [0.2, 0.25) is 0 Å². The number of esters is 1. The van der Waals surface area contributed by atoms with Gasteiger partial charge >= 0.3 is 5.97 Å². The van der Waals surface area contributed by atoms with Gasteiger partial charge < -0.3 is 9.26 Å². The van der Waals surface area contributed by atoms with Crippen molar-refractivity contribution in [1.82, 2.24) is 19.9 Å². The highest BCUT2D eigenvalue weighted by Crippen LogP contribution is 2.24. The zero-order chi connectivity index (χ0) is 20.3. The van der Waals surface area contributed by atoms with Crippen LogP contribution in [0.4, 0.5) is 0 Å². The molecule has 3 rings (SSSR count). The normalized spacial score (nSPS) is 12.5. The maximum absolute atomic E-state index is 12.1. The molecule has 0 aliphatic carbocycles. The Hall–Kier alpha value is -2.64. The first-order valence-corrected chi connectivity index (χ1v) is 9.26. The number of halogens is 2. The van der Waals surface area contributed by atoms with Crippen molar-refractivity contribution in [3.05, 3.63) is 69.1 Å². The molecule has 1 aromatic carbocycles. The number of hydrogen-bond donors (Lipinski definition) is 0. The fraction of sp³-hybridized carbons (Fsp3) is 0.263. The number of benzene rings is 1. The van der Waals surface area contributed by atoms with Crippen molar-refractivity contribution < 1.29 is 14.1 Å². The van der Waals surface area contributed by atoms with Gasteiger partial charge in [0.05, 0.1) is 12.2 Å². The summed E-state index contributed by atoms with van der Waals surface area (Å²) in [5.74, 6) is 0.153. The molecule has 0 aliphatic heterocycles. The van der Waals surface area contributed by atoms with Crippen molar-refractivity contribution in [2.45, 2.75) is 33.4 Å². The second-order valence-electron chi connectivity index (χ2n) is 6.13. The molecule has 146 valence electrons. The maximum atomic E-state index is 12.1. The first kappa shape index (κ1) is 20.1. The summed E-state index contributed by atoms with van der Waals surface area (Å²) in [6.45, 7) is 5.57. The van der Waals surface area contributed by atoms with Crippen molar-refractivity contribution in [2.24, 2.45) is 0 Å². The molecule has 0 saturated carbocycles. The minimum atomic E-state index is -0.655. The predicted molar refractivity (Wildman–Crippen MR) is 105 cm³/mol. The predicted octanol–water partition coefficient (Wildman–Crippen LogP) is 4.56. The SMILES string of the molecule is Cc1noc(C(C)OC(=O)/C=C/c2c(C)nn(Cc3ccccc3Cl)c2Cl)n1. The van der Waals surface area contributed by atoms with E-state index in [9.17, 15) is 4.79 Å². The smallest absolute Gasteiger partial charge is 0.331 e. The molecule has 9 heteroatoms. The van der Waals surface area contributed by atoms with Gasteiger partial charge in [0.25, 0.3) is 5.89 Å². The third-order valence-corrected chi connectivity index (χ3v) is 4.72. The third kappa shape index (κ3) is 4.61. The molecule has 3 aromatic rings. The van der Waals surface area contributed by atoms with Gasteiger partial charge in [-0.15, -0.1) is 0 Å². The van der Waals surface area contributed by atoms with E-state index in [2.05, 4.69) is 15.2 Å². The molecule has 7 nitrogen and oxygen atoms in total. The van der Waals surface area contributed by atoms with Crippen LogP contribution in [-0.4, -0.2) is 25.9 Å². The van der Waals surface area contributed by atoms with Crippen LogP contribution in [0, 0.1) is 13.8 Å². The molecular formula is C19H18Cl2N4O3. The molecule has 1 atom stereocenters. The lowest BCUT2D eigenvalue weighted by molar-refractivity contribution is -0.143. The highest BCUT2D eigenvalue weighted by Gasteiger charge is 2.17. The summed E-state index contributed by atoms with van der Waals surface area (Å²) in [6.07, 6.45) is 2.20. The second kappa shape index (κ2) is 8.58. The van der Waals surface area contributed by atoms with E-state index >= 15 is 0 Å². The maximum Gasteiger partial charge on any atom is 0.331 e. The number of carbonyl (C=O) groups is 1. The third-order valence-electron chi connectivity index (χ3n) is 3.96. The largest absolute Gasteiger partial charge is 0.449 e. The van der Waals surface area contributed by atoms with Gasteiger partial charge in [0.1, 0.15) is 5.15 Å². The van der Waals surface area contributed by atoms with Crippen LogP contribution in [0.1, 0.15) is 41.6 Å². The van der Waals surface area contributed by atoms with E-state index in [1.165, 1.54) is 6.08 Å². The van der Waals surface area contributed by atoms with Crippen molar-refractivity contribution in [3.63, 3.8) is 0 Å². The molecule has 0 saturated heterocycles. The average molecular weight is 421 g/mol. The van der Waals surface area contributed by atoms with Crippen molar-refractivity contribution >= 4 is 35.2 Å². The highest BCUT2D eigenvalue weighted by molar-refractivity contribution is 6.32. The van der Waals surface area contributed by atoms with Crippen LogP contribution in [0.2, 0.25) is 10.2 Å². The van der Waals surface area contributed by atoms with Crippen LogP contribution in [0.5, 0.6) is 0 Å². The first-order chi connectivity index (χ1) is 13.3. The standard InChI is InChI=1S/C19H18Cl2N4O3/c1-11-15(8-9-17(26)27-12(2)19-22-13(3)24-28-19)18(21)25(23-11)10-14-6-4-5-7-16(14)20/h4-9,12H,10H2,1-3H3/b9-8+. The molecule has 0 radical (unpaired) electrons. The molecule has 0 fully saturated rings. The summed E-state index contributed by atoms with van der Waals surface area (Å²) in [6, 6.07) is 7.47. The van der Waals surface area contributed by atoms with Gasteiger partial charge in [0, 0.05) is 16.7 Å². The molecule has 1 unspecified atom stereocenters. The Balaban J connectivity index is 1.71. The summed E-state index contributed by atoms with van der Waals surface area (Å²) in [5.41, 5.74) is 2.21. The zero-order valence-electron chi connectivity index (χ0n) is 15.5. The summed E-state index contributed by atoms with van der Waals surface area (Å²) < 4.78 is 11.9. The molecule has 2 heterocycles. The number of carbonyl (C=O) groups excluding carboxylic acids is 1. The molecule has 0 aliphatic rings. The van der Waals surface area contributed by atoms with Gasteiger partial charge in [-0.3, -0.25) is 0 Å². The Bertz CT molecular complexity index is 1030. The van der Waals surface area contributed by atoms with Gasteiger partial charge in [-0.1, -0.05) is 46.6 Å². The van der Waals surface area contributed by atoms with E-state index in [1.807, 2.05) is 31.2 Å². The van der Waals surface area contributed by atoms with Crippen molar-refractivity contribution in [1.29, 1.82) is 0 Å². The van der Waals surface area contributed by atoms with E-state index in [0.717, 1.165) is 5.56 Å².